The Morgan fingerprint density at radius 1 is 1.03 bits per heavy atom. The average molecular weight is 549 g/mol. The number of anilines is 1. The number of ether oxygens (including phenoxy) is 1. The van der Waals surface area contributed by atoms with Crippen molar-refractivity contribution in [2.24, 2.45) is 0 Å². The normalized spacial score (nSPS) is 14.6. The number of hydrogen-bond acceptors (Lipinski definition) is 8. The molecule has 1 fully saturated rings. The number of sulfone groups is 1. The fourth-order valence-corrected chi connectivity index (χ4v) is 5.85. The monoisotopic (exact) mass is 548 g/mol. The Balaban J connectivity index is 1.31. The van der Waals surface area contributed by atoms with Crippen molar-refractivity contribution in [3.05, 3.63) is 82.8 Å². The van der Waals surface area contributed by atoms with E-state index in [1.807, 2.05) is 56.3 Å². The molecule has 0 atom stereocenters. The van der Waals surface area contributed by atoms with Gasteiger partial charge in [-0.2, -0.15) is 4.98 Å². The second-order valence-electron chi connectivity index (χ2n) is 10.2. The first kappa shape index (κ1) is 26.7. The van der Waals surface area contributed by atoms with E-state index in [2.05, 4.69) is 21.1 Å². The van der Waals surface area contributed by atoms with Crippen LogP contribution in [0.2, 0.25) is 0 Å². The van der Waals surface area contributed by atoms with E-state index < -0.39 is 9.84 Å². The van der Waals surface area contributed by atoms with E-state index in [9.17, 15) is 13.2 Å². The van der Waals surface area contributed by atoms with Gasteiger partial charge in [-0.05, 0) is 74.7 Å². The van der Waals surface area contributed by atoms with Crippen molar-refractivity contribution < 1.29 is 17.7 Å². The van der Waals surface area contributed by atoms with Crippen LogP contribution < -0.4 is 15.2 Å². The highest BCUT2D eigenvalue weighted by Crippen LogP contribution is 2.26. The molecule has 1 aliphatic heterocycles. The molecular formula is C29H32N4O5S. The van der Waals surface area contributed by atoms with Gasteiger partial charge in [0.1, 0.15) is 15.6 Å². The molecule has 10 heteroatoms. The Bertz CT molecular complexity index is 1600. The second kappa shape index (κ2) is 11.1. The fraction of sp³-hybridized carbons (Fsp3) is 0.345. The molecule has 0 saturated carbocycles. The van der Waals surface area contributed by atoms with Crippen LogP contribution >= 0.6 is 0 Å². The SMILES string of the molecule is CC(C)Oc1ccc(-c2nc(-c3ccc(=O)n(Cc4cccc(N5CCC(S(C)(=O)=O)CC5)c4)c3)no2)cc1. The van der Waals surface area contributed by atoms with E-state index in [0.29, 0.717) is 49.8 Å². The van der Waals surface area contributed by atoms with Crippen LogP contribution in [-0.2, 0) is 16.4 Å². The van der Waals surface area contributed by atoms with Crippen LogP contribution in [0.25, 0.3) is 22.8 Å². The number of piperidine rings is 1. The van der Waals surface area contributed by atoms with Gasteiger partial charge in [-0.15, -0.1) is 0 Å². The van der Waals surface area contributed by atoms with E-state index >= 15 is 0 Å². The lowest BCUT2D eigenvalue weighted by atomic mass is 10.1. The molecule has 0 radical (unpaired) electrons. The lowest BCUT2D eigenvalue weighted by Gasteiger charge is -2.33. The van der Waals surface area contributed by atoms with E-state index in [1.54, 1.807) is 16.8 Å². The zero-order valence-corrected chi connectivity index (χ0v) is 23.1. The summed E-state index contributed by atoms with van der Waals surface area (Å²) >= 11 is 0. The molecule has 0 N–H and O–H groups in total. The summed E-state index contributed by atoms with van der Waals surface area (Å²) in [5.74, 6) is 1.54. The molecule has 2 aromatic heterocycles. The molecule has 4 aromatic rings. The largest absolute Gasteiger partial charge is 0.491 e. The van der Waals surface area contributed by atoms with Crippen LogP contribution in [0.5, 0.6) is 5.75 Å². The van der Waals surface area contributed by atoms with Gasteiger partial charge in [-0.1, -0.05) is 17.3 Å². The quantitative estimate of drug-likeness (QED) is 0.319. The minimum Gasteiger partial charge on any atom is -0.491 e. The Labute approximate surface area is 228 Å². The van der Waals surface area contributed by atoms with Gasteiger partial charge in [0.25, 0.3) is 11.4 Å². The smallest absolute Gasteiger partial charge is 0.258 e. The molecule has 204 valence electrons. The highest BCUT2D eigenvalue weighted by Gasteiger charge is 2.26. The van der Waals surface area contributed by atoms with Crippen LogP contribution in [0.15, 0.2) is 76.2 Å². The lowest BCUT2D eigenvalue weighted by molar-refractivity contribution is 0.242. The number of rotatable bonds is 8. The standard InChI is InChI=1S/C29H32N4O5S/c1-20(2)37-25-10-7-22(8-11-25)29-30-28(31-38-29)23-9-12-27(34)33(19-23)18-21-5-4-6-24(17-21)32-15-13-26(14-16-32)39(3,35)36/h4-12,17,19-20,26H,13-16,18H2,1-3H3. The number of pyridine rings is 1. The van der Waals surface area contributed by atoms with Gasteiger partial charge in [-0.25, -0.2) is 8.42 Å². The first-order chi connectivity index (χ1) is 18.7. The molecule has 0 spiro atoms. The third-order valence-electron chi connectivity index (χ3n) is 6.82. The maximum atomic E-state index is 12.7. The minimum absolute atomic E-state index is 0.0866. The molecule has 5 rings (SSSR count). The van der Waals surface area contributed by atoms with Crippen LogP contribution in [0.3, 0.4) is 0 Å². The first-order valence-electron chi connectivity index (χ1n) is 13.0. The van der Waals surface area contributed by atoms with Crippen molar-refractivity contribution in [2.75, 3.05) is 24.2 Å². The summed E-state index contributed by atoms with van der Waals surface area (Å²) in [6.07, 6.45) is 4.37. The van der Waals surface area contributed by atoms with Gasteiger partial charge >= 0.3 is 0 Å². The van der Waals surface area contributed by atoms with Crippen molar-refractivity contribution in [2.45, 2.75) is 44.6 Å². The molecule has 1 aliphatic rings. The fourth-order valence-electron chi connectivity index (χ4n) is 4.78. The number of aromatic nitrogens is 3. The summed E-state index contributed by atoms with van der Waals surface area (Å²) in [5.41, 5.74) is 3.30. The van der Waals surface area contributed by atoms with Crippen LogP contribution in [0.1, 0.15) is 32.3 Å². The second-order valence-corrected chi connectivity index (χ2v) is 12.5. The highest BCUT2D eigenvalue weighted by molar-refractivity contribution is 7.91. The number of benzene rings is 2. The summed E-state index contributed by atoms with van der Waals surface area (Å²) in [6, 6.07) is 18.7. The predicted molar refractivity (Wildman–Crippen MR) is 151 cm³/mol. The highest BCUT2D eigenvalue weighted by atomic mass is 32.2. The summed E-state index contributed by atoms with van der Waals surface area (Å²) in [6.45, 7) is 5.69. The number of nitrogens with zero attached hydrogens (tertiary/aromatic N) is 4. The van der Waals surface area contributed by atoms with Crippen LogP contribution in [0, 0.1) is 0 Å². The van der Waals surface area contributed by atoms with Crippen molar-refractivity contribution in [1.82, 2.24) is 14.7 Å². The molecular weight excluding hydrogens is 516 g/mol. The summed E-state index contributed by atoms with van der Waals surface area (Å²) in [4.78, 5) is 19.4. The van der Waals surface area contributed by atoms with Gasteiger partial charge in [0, 0.05) is 48.4 Å². The topological polar surface area (TPSA) is 108 Å². The Kier molecular flexibility index (Phi) is 7.56. The van der Waals surface area contributed by atoms with Crippen LogP contribution in [-0.4, -0.2) is 53.8 Å². The van der Waals surface area contributed by atoms with E-state index in [4.69, 9.17) is 9.26 Å². The molecule has 0 unspecified atom stereocenters. The van der Waals surface area contributed by atoms with Gasteiger partial charge in [0.15, 0.2) is 0 Å². The van der Waals surface area contributed by atoms with Gasteiger partial charge < -0.3 is 18.7 Å². The molecule has 39 heavy (non-hydrogen) atoms. The molecule has 0 bridgehead atoms. The molecule has 2 aromatic carbocycles. The zero-order chi connectivity index (χ0) is 27.6. The van der Waals surface area contributed by atoms with Gasteiger partial charge in [0.2, 0.25) is 5.82 Å². The van der Waals surface area contributed by atoms with Gasteiger partial charge in [-0.3, -0.25) is 4.79 Å². The number of hydrogen-bond donors (Lipinski definition) is 0. The Morgan fingerprint density at radius 3 is 2.44 bits per heavy atom. The first-order valence-corrected chi connectivity index (χ1v) is 15.0. The minimum atomic E-state index is -3.02. The molecule has 3 heterocycles. The average Bonchev–Trinajstić information content (AvgIpc) is 3.40. The summed E-state index contributed by atoms with van der Waals surface area (Å²) in [7, 11) is -3.02. The lowest BCUT2D eigenvalue weighted by Crippen LogP contribution is -2.39. The predicted octanol–water partition coefficient (Wildman–Crippen LogP) is 4.41. The molecule has 1 saturated heterocycles. The van der Waals surface area contributed by atoms with Crippen molar-refractivity contribution in [3.8, 4) is 28.6 Å². The molecule has 0 amide bonds. The van der Waals surface area contributed by atoms with E-state index in [0.717, 1.165) is 22.6 Å². The Hall–Kier alpha value is -3.92. The summed E-state index contributed by atoms with van der Waals surface area (Å²) in [5, 5.41) is 3.85. The van der Waals surface area contributed by atoms with Gasteiger partial charge in [0.05, 0.1) is 17.9 Å². The van der Waals surface area contributed by atoms with Crippen molar-refractivity contribution >= 4 is 15.5 Å². The van der Waals surface area contributed by atoms with E-state index in [-0.39, 0.29) is 16.9 Å². The third kappa shape index (κ3) is 6.39. The zero-order valence-electron chi connectivity index (χ0n) is 22.3. The molecule has 9 nitrogen and oxygen atoms in total. The van der Waals surface area contributed by atoms with Crippen molar-refractivity contribution in [3.63, 3.8) is 0 Å². The van der Waals surface area contributed by atoms with Crippen molar-refractivity contribution in [1.29, 1.82) is 0 Å². The van der Waals surface area contributed by atoms with Crippen LogP contribution in [0.4, 0.5) is 5.69 Å². The van der Waals surface area contributed by atoms with E-state index in [1.165, 1.54) is 12.3 Å². The maximum absolute atomic E-state index is 12.7. The third-order valence-corrected chi connectivity index (χ3v) is 8.50. The summed E-state index contributed by atoms with van der Waals surface area (Å²) < 4.78 is 36.6. The maximum Gasteiger partial charge on any atom is 0.258 e. The Morgan fingerprint density at radius 2 is 1.74 bits per heavy atom. The molecule has 0 aliphatic carbocycles.